The maximum Gasteiger partial charge on any atom is 0.282 e. The molecule has 0 spiro atoms. The molecule has 1 aromatic carbocycles. The van der Waals surface area contributed by atoms with Crippen LogP contribution in [0.25, 0.3) is 0 Å². The summed E-state index contributed by atoms with van der Waals surface area (Å²) in [6.07, 6.45) is 1.86. The second kappa shape index (κ2) is 6.53. The highest BCUT2D eigenvalue weighted by molar-refractivity contribution is 7.98. The van der Waals surface area contributed by atoms with Crippen LogP contribution in [-0.2, 0) is 6.54 Å². The summed E-state index contributed by atoms with van der Waals surface area (Å²) in [7, 11) is 0. The Morgan fingerprint density at radius 2 is 2.25 bits per heavy atom. The Hall–Kier alpha value is -1.86. The fourth-order valence-corrected chi connectivity index (χ4v) is 2.74. The van der Waals surface area contributed by atoms with Gasteiger partial charge in [0.25, 0.3) is 11.6 Å². The van der Waals surface area contributed by atoms with Gasteiger partial charge in [0, 0.05) is 15.8 Å². The zero-order valence-electron chi connectivity index (χ0n) is 10.7. The van der Waals surface area contributed by atoms with Crippen molar-refractivity contribution in [1.29, 1.82) is 0 Å². The fraction of sp³-hybridized carbons (Fsp3) is 0.154. The smallest absolute Gasteiger partial charge is 0.282 e. The lowest BCUT2D eigenvalue weighted by atomic mass is 10.1. The molecule has 0 aliphatic rings. The van der Waals surface area contributed by atoms with Gasteiger partial charge in [-0.2, -0.15) is 0 Å². The summed E-state index contributed by atoms with van der Waals surface area (Å²) in [5.74, 6) is -0.430. The number of carbonyl (C=O) groups excluding carboxylic acids is 1. The van der Waals surface area contributed by atoms with Crippen molar-refractivity contribution in [3.05, 3.63) is 56.3 Å². The van der Waals surface area contributed by atoms with Gasteiger partial charge in [0.15, 0.2) is 0 Å². The summed E-state index contributed by atoms with van der Waals surface area (Å²) in [5.41, 5.74) is -0.0788. The number of rotatable bonds is 5. The van der Waals surface area contributed by atoms with E-state index < -0.39 is 10.8 Å². The Kier molecular flexibility index (Phi) is 4.75. The first kappa shape index (κ1) is 14.5. The van der Waals surface area contributed by atoms with Crippen molar-refractivity contribution < 1.29 is 9.72 Å². The van der Waals surface area contributed by atoms with Crippen molar-refractivity contribution in [3.8, 4) is 0 Å². The third-order valence-corrected chi connectivity index (χ3v) is 4.25. The minimum absolute atomic E-state index is 0.0957. The minimum atomic E-state index is -0.538. The molecule has 0 aliphatic heterocycles. The van der Waals surface area contributed by atoms with Crippen molar-refractivity contribution in [3.63, 3.8) is 0 Å². The number of hydrogen-bond acceptors (Lipinski definition) is 5. The molecule has 1 aromatic heterocycles. The quantitative estimate of drug-likeness (QED) is 0.522. The normalized spacial score (nSPS) is 10.2. The van der Waals surface area contributed by atoms with Crippen molar-refractivity contribution in [2.45, 2.75) is 11.4 Å². The summed E-state index contributed by atoms with van der Waals surface area (Å²) >= 11 is 2.96. The third kappa shape index (κ3) is 3.37. The molecule has 0 saturated heterocycles. The summed E-state index contributed by atoms with van der Waals surface area (Å²) < 4.78 is 0. The summed E-state index contributed by atoms with van der Waals surface area (Å²) in [4.78, 5) is 24.4. The molecule has 20 heavy (non-hydrogen) atoms. The molecule has 7 heteroatoms. The SMILES string of the molecule is CSc1ccc([N+](=O)[O-])c(C(=O)NCc2cccs2)c1. The number of thioether (sulfide) groups is 1. The highest BCUT2D eigenvalue weighted by Gasteiger charge is 2.20. The van der Waals surface area contributed by atoms with E-state index in [1.165, 1.54) is 29.2 Å². The number of carbonyl (C=O) groups is 1. The molecule has 1 N–H and O–H groups in total. The lowest BCUT2D eigenvalue weighted by molar-refractivity contribution is -0.385. The molecule has 0 radical (unpaired) electrons. The second-order valence-electron chi connectivity index (χ2n) is 3.90. The molecule has 0 bridgehead atoms. The van der Waals surface area contributed by atoms with Crippen LogP contribution in [0.2, 0.25) is 0 Å². The maximum absolute atomic E-state index is 12.1. The van der Waals surface area contributed by atoms with E-state index in [0.717, 1.165) is 9.77 Å². The molecular weight excluding hydrogens is 296 g/mol. The number of benzene rings is 1. The third-order valence-electron chi connectivity index (χ3n) is 2.65. The van der Waals surface area contributed by atoms with Gasteiger partial charge >= 0.3 is 0 Å². The topological polar surface area (TPSA) is 72.2 Å². The van der Waals surface area contributed by atoms with Gasteiger partial charge in [0.05, 0.1) is 11.5 Å². The molecule has 0 aliphatic carbocycles. The zero-order valence-corrected chi connectivity index (χ0v) is 12.3. The van der Waals surface area contributed by atoms with Crippen LogP contribution in [-0.4, -0.2) is 17.1 Å². The fourth-order valence-electron chi connectivity index (χ4n) is 1.66. The van der Waals surface area contributed by atoms with Crippen LogP contribution >= 0.6 is 23.1 Å². The number of hydrogen-bond donors (Lipinski definition) is 1. The van der Waals surface area contributed by atoms with E-state index in [1.54, 1.807) is 12.1 Å². The predicted molar refractivity (Wildman–Crippen MR) is 80.4 cm³/mol. The molecule has 2 rings (SSSR count). The van der Waals surface area contributed by atoms with Crippen LogP contribution in [0, 0.1) is 10.1 Å². The first-order valence-corrected chi connectivity index (χ1v) is 7.85. The number of amides is 1. The Bertz CT molecular complexity index is 627. The van der Waals surface area contributed by atoms with Crippen LogP contribution in [0.15, 0.2) is 40.6 Å². The molecular formula is C13H12N2O3S2. The Morgan fingerprint density at radius 1 is 1.45 bits per heavy atom. The Balaban J connectivity index is 2.20. The van der Waals surface area contributed by atoms with E-state index in [4.69, 9.17) is 0 Å². The monoisotopic (exact) mass is 308 g/mol. The van der Waals surface area contributed by atoms with Gasteiger partial charge in [0.1, 0.15) is 5.56 Å². The van der Waals surface area contributed by atoms with Crippen molar-refractivity contribution in [2.24, 2.45) is 0 Å². The van der Waals surface area contributed by atoms with Crippen molar-refractivity contribution >= 4 is 34.7 Å². The van der Waals surface area contributed by atoms with Crippen molar-refractivity contribution in [2.75, 3.05) is 6.26 Å². The van der Waals surface area contributed by atoms with E-state index in [1.807, 2.05) is 23.8 Å². The van der Waals surface area contributed by atoms with Crippen LogP contribution < -0.4 is 5.32 Å². The van der Waals surface area contributed by atoms with Crippen LogP contribution in [0.1, 0.15) is 15.2 Å². The number of nitro benzene ring substituents is 1. The Morgan fingerprint density at radius 3 is 2.85 bits per heavy atom. The predicted octanol–water partition coefficient (Wildman–Crippen LogP) is 3.31. The van der Waals surface area contributed by atoms with Gasteiger partial charge in [-0.25, -0.2) is 0 Å². The minimum Gasteiger partial charge on any atom is -0.347 e. The first-order chi connectivity index (χ1) is 9.61. The van der Waals surface area contributed by atoms with Crippen LogP contribution in [0.4, 0.5) is 5.69 Å². The van der Waals surface area contributed by atoms with Crippen molar-refractivity contribution in [1.82, 2.24) is 5.32 Å². The van der Waals surface area contributed by atoms with E-state index in [-0.39, 0.29) is 11.3 Å². The van der Waals surface area contributed by atoms with Gasteiger partial charge in [-0.3, -0.25) is 14.9 Å². The number of nitrogens with one attached hydrogen (secondary N) is 1. The highest BCUT2D eigenvalue weighted by atomic mass is 32.2. The van der Waals surface area contributed by atoms with Gasteiger partial charge in [0.2, 0.25) is 0 Å². The van der Waals surface area contributed by atoms with E-state index in [9.17, 15) is 14.9 Å². The van der Waals surface area contributed by atoms with E-state index in [2.05, 4.69) is 5.32 Å². The standard InChI is InChI=1S/C13H12N2O3S2/c1-19-9-4-5-12(15(17)18)11(7-9)13(16)14-8-10-3-2-6-20-10/h2-7H,8H2,1H3,(H,14,16). The molecule has 0 atom stereocenters. The molecule has 0 unspecified atom stereocenters. The molecule has 1 heterocycles. The maximum atomic E-state index is 12.1. The van der Waals surface area contributed by atoms with Gasteiger partial charge in [-0.15, -0.1) is 23.1 Å². The molecule has 2 aromatic rings. The van der Waals surface area contributed by atoms with Gasteiger partial charge < -0.3 is 5.32 Å². The molecule has 0 saturated carbocycles. The first-order valence-electron chi connectivity index (χ1n) is 5.75. The van der Waals surface area contributed by atoms with E-state index >= 15 is 0 Å². The number of nitrogens with zero attached hydrogens (tertiary/aromatic N) is 1. The van der Waals surface area contributed by atoms with E-state index in [0.29, 0.717) is 6.54 Å². The highest BCUT2D eigenvalue weighted by Crippen LogP contribution is 2.24. The summed E-state index contributed by atoms with van der Waals surface area (Å²) in [6, 6.07) is 8.35. The second-order valence-corrected chi connectivity index (χ2v) is 5.81. The lowest BCUT2D eigenvalue weighted by Crippen LogP contribution is -2.23. The lowest BCUT2D eigenvalue weighted by Gasteiger charge is -2.06. The van der Waals surface area contributed by atoms with Gasteiger partial charge in [-0.05, 0) is 29.8 Å². The van der Waals surface area contributed by atoms with Crippen LogP contribution in [0.3, 0.4) is 0 Å². The largest absolute Gasteiger partial charge is 0.347 e. The van der Waals surface area contributed by atoms with Gasteiger partial charge in [-0.1, -0.05) is 6.07 Å². The summed E-state index contributed by atoms with van der Waals surface area (Å²) in [5, 5.41) is 15.6. The average molecular weight is 308 g/mol. The molecule has 0 fully saturated rings. The molecule has 1 amide bonds. The van der Waals surface area contributed by atoms with Crippen LogP contribution in [0.5, 0.6) is 0 Å². The average Bonchev–Trinajstić information content (AvgIpc) is 2.97. The molecule has 5 nitrogen and oxygen atoms in total. The number of thiophene rings is 1. The molecule has 104 valence electrons. The Labute approximate surface area is 124 Å². The summed E-state index contributed by atoms with van der Waals surface area (Å²) in [6.45, 7) is 0.372. The number of nitro groups is 1. The zero-order chi connectivity index (χ0) is 14.5.